The number of rotatable bonds is 12. The van der Waals surface area contributed by atoms with Crippen LogP contribution in [0.2, 0.25) is 0 Å². The van der Waals surface area contributed by atoms with Crippen molar-refractivity contribution in [2.24, 2.45) is 0 Å². The molecule has 210 valence electrons. The summed E-state index contributed by atoms with van der Waals surface area (Å²) in [6, 6.07) is 15.2. The van der Waals surface area contributed by atoms with E-state index in [0.29, 0.717) is 11.3 Å². The lowest BCUT2D eigenvalue weighted by Crippen LogP contribution is -2.22. The quantitative estimate of drug-likeness (QED) is 0.233. The molecule has 3 N–H and O–H groups in total. The molecule has 0 aliphatic carbocycles. The van der Waals surface area contributed by atoms with Crippen LogP contribution in [0, 0.1) is 0 Å². The first-order chi connectivity index (χ1) is 19.2. The lowest BCUT2D eigenvalue weighted by molar-refractivity contribution is 0.195. The highest BCUT2D eigenvalue weighted by molar-refractivity contribution is 7.92. The Labute approximate surface area is 233 Å². The van der Waals surface area contributed by atoms with Crippen LogP contribution in [0.1, 0.15) is 30.5 Å². The predicted octanol–water partition coefficient (Wildman–Crippen LogP) is 2.97. The fourth-order valence-corrected chi connectivity index (χ4v) is 4.92. The molecule has 0 aliphatic heterocycles. The second-order valence-corrected chi connectivity index (χ2v) is 11.2. The molecular formula is C28H31N5O6S. The van der Waals surface area contributed by atoms with Crippen LogP contribution >= 0.6 is 0 Å². The number of para-hydroxylation sites is 1. The predicted molar refractivity (Wildman–Crippen MR) is 149 cm³/mol. The van der Waals surface area contributed by atoms with Crippen molar-refractivity contribution in [1.29, 1.82) is 0 Å². The number of methoxy groups -OCH3 is 1. The Balaban J connectivity index is 1.84. The average molecular weight is 566 g/mol. The van der Waals surface area contributed by atoms with Gasteiger partial charge in [0.1, 0.15) is 12.4 Å². The van der Waals surface area contributed by atoms with Gasteiger partial charge < -0.3 is 19.7 Å². The second-order valence-electron chi connectivity index (χ2n) is 9.48. The molecule has 40 heavy (non-hydrogen) atoms. The molecule has 0 unspecified atom stereocenters. The van der Waals surface area contributed by atoms with Gasteiger partial charge in [0.2, 0.25) is 11.7 Å². The van der Waals surface area contributed by atoms with Gasteiger partial charge in [-0.1, -0.05) is 44.2 Å². The van der Waals surface area contributed by atoms with Crippen molar-refractivity contribution in [3.05, 3.63) is 83.7 Å². The molecule has 11 nitrogen and oxygen atoms in total. The van der Waals surface area contributed by atoms with E-state index in [-0.39, 0.29) is 54.5 Å². The molecule has 0 aliphatic rings. The molecule has 0 bridgehead atoms. The van der Waals surface area contributed by atoms with Crippen LogP contribution in [-0.2, 0) is 21.9 Å². The summed E-state index contributed by atoms with van der Waals surface area (Å²) in [6.07, 6.45) is 3.19. The topological polar surface area (TPSA) is 157 Å². The van der Waals surface area contributed by atoms with E-state index < -0.39 is 15.4 Å². The number of sulfonamides is 1. The number of aliphatic hydroxyl groups is 2. The number of ether oxygens (including phenoxy) is 2. The Morgan fingerprint density at radius 1 is 0.925 bits per heavy atom. The number of aromatic nitrogens is 4. The Hall–Kier alpha value is -4.13. The number of aliphatic hydroxyl groups excluding tert-OH is 2. The fraction of sp³-hybridized carbons (Fsp3) is 0.286. The number of benzene rings is 2. The van der Waals surface area contributed by atoms with E-state index in [1.54, 1.807) is 31.4 Å². The highest BCUT2D eigenvalue weighted by Crippen LogP contribution is 2.33. The molecule has 2 aromatic heterocycles. The lowest BCUT2D eigenvalue weighted by atomic mass is 9.86. The van der Waals surface area contributed by atoms with Crippen molar-refractivity contribution >= 4 is 15.8 Å². The first kappa shape index (κ1) is 28.9. The molecule has 12 heteroatoms. The van der Waals surface area contributed by atoms with Crippen LogP contribution in [-0.4, -0.2) is 65.5 Å². The zero-order chi connectivity index (χ0) is 28.8. The van der Waals surface area contributed by atoms with E-state index in [9.17, 15) is 18.6 Å². The van der Waals surface area contributed by atoms with Crippen molar-refractivity contribution in [2.75, 3.05) is 31.7 Å². The van der Waals surface area contributed by atoms with Gasteiger partial charge >= 0.3 is 0 Å². The van der Waals surface area contributed by atoms with Crippen LogP contribution in [0.25, 0.3) is 11.6 Å². The number of nitrogens with one attached hydrogen (secondary N) is 1. The third-order valence-electron chi connectivity index (χ3n) is 6.20. The first-order valence-electron chi connectivity index (χ1n) is 12.5. The minimum Gasteiger partial charge on any atom is -0.496 e. The van der Waals surface area contributed by atoms with Gasteiger partial charge in [-0.05, 0) is 35.4 Å². The Kier molecular flexibility index (Phi) is 8.93. The molecule has 0 saturated heterocycles. The van der Waals surface area contributed by atoms with Gasteiger partial charge in [-0.3, -0.25) is 4.72 Å². The summed E-state index contributed by atoms with van der Waals surface area (Å²) in [4.78, 5) is 17.4. The van der Waals surface area contributed by atoms with Crippen LogP contribution in [0.3, 0.4) is 0 Å². The molecule has 0 amide bonds. The summed E-state index contributed by atoms with van der Waals surface area (Å²) in [5, 5.41) is 19.1. The smallest absolute Gasteiger partial charge is 0.263 e. The Morgan fingerprint density at radius 3 is 2.27 bits per heavy atom. The highest BCUT2D eigenvalue weighted by Gasteiger charge is 2.25. The van der Waals surface area contributed by atoms with Gasteiger partial charge in [-0.2, -0.15) is 4.98 Å². The molecule has 4 aromatic rings. The van der Waals surface area contributed by atoms with Crippen LogP contribution < -0.4 is 14.2 Å². The van der Waals surface area contributed by atoms with Crippen LogP contribution in [0.5, 0.6) is 11.6 Å². The number of anilines is 1. The third kappa shape index (κ3) is 6.53. The van der Waals surface area contributed by atoms with Gasteiger partial charge in [0.05, 0.1) is 30.8 Å². The maximum Gasteiger partial charge on any atom is 0.263 e. The largest absolute Gasteiger partial charge is 0.496 e. The normalized spacial score (nSPS) is 11.7. The number of nitrogens with zero attached hydrogens (tertiary/aromatic N) is 4. The molecule has 0 saturated carbocycles. The van der Waals surface area contributed by atoms with E-state index in [1.165, 1.54) is 24.5 Å². The van der Waals surface area contributed by atoms with E-state index in [4.69, 9.17) is 9.47 Å². The summed E-state index contributed by atoms with van der Waals surface area (Å²) in [6.45, 7) is 3.26. The summed E-state index contributed by atoms with van der Waals surface area (Å²) in [5.74, 6) is 0.819. The van der Waals surface area contributed by atoms with Gasteiger partial charge in [-0.25, -0.2) is 23.4 Å². The van der Waals surface area contributed by atoms with E-state index in [0.717, 1.165) is 11.1 Å². The third-order valence-corrected chi connectivity index (χ3v) is 7.55. The van der Waals surface area contributed by atoms with Crippen molar-refractivity contribution in [3.63, 3.8) is 0 Å². The van der Waals surface area contributed by atoms with Crippen LogP contribution in [0.15, 0.2) is 71.9 Å². The molecule has 0 spiro atoms. The molecule has 4 rings (SSSR count). The van der Waals surface area contributed by atoms with E-state index >= 15 is 0 Å². The van der Waals surface area contributed by atoms with Crippen LogP contribution in [0.4, 0.5) is 5.82 Å². The highest BCUT2D eigenvalue weighted by atomic mass is 32.2. The molecule has 0 atom stereocenters. The summed E-state index contributed by atoms with van der Waals surface area (Å²) in [7, 11) is -2.59. The van der Waals surface area contributed by atoms with Crippen molar-refractivity contribution in [3.8, 4) is 23.3 Å². The summed E-state index contributed by atoms with van der Waals surface area (Å²) in [5.41, 5.74) is 1.32. The summed E-state index contributed by atoms with van der Waals surface area (Å²) >= 11 is 0. The minimum atomic E-state index is -4.13. The summed E-state index contributed by atoms with van der Waals surface area (Å²) < 4.78 is 41.0. The first-order valence-corrected chi connectivity index (χ1v) is 13.9. The maximum absolute atomic E-state index is 13.6. The standard InChI is InChI=1S/C28H31N5O6S/c1-28(2,18-35)20-9-11-21(12-10-20)40(36,37)33-24-22(17-19-7-4-5-8-23(19)38-3)27(39-16-15-34)32-26(31-24)25-29-13-6-14-30-25/h4-14,34-35H,15-18H2,1-3H3,(H,31,32,33). The lowest BCUT2D eigenvalue weighted by Gasteiger charge is -2.22. The second kappa shape index (κ2) is 12.4. The fourth-order valence-electron chi connectivity index (χ4n) is 3.89. The van der Waals surface area contributed by atoms with E-state index in [2.05, 4.69) is 24.7 Å². The maximum atomic E-state index is 13.6. The average Bonchev–Trinajstić information content (AvgIpc) is 2.97. The monoisotopic (exact) mass is 565 g/mol. The van der Waals surface area contributed by atoms with Gasteiger partial charge in [-0.15, -0.1) is 0 Å². The van der Waals surface area contributed by atoms with Crippen molar-refractivity contribution in [1.82, 2.24) is 19.9 Å². The van der Waals surface area contributed by atoms with Gasteiger partial charge in [0.25, 0.3) is 10.0 Å². The molecule has 2 aromatic carbocycles. The molecule has 0 fully saturated rings. The van der Waals surface area contributed by atoms with Gasteiger partial charge in [0, 0.05) is 24.2 Å². The van der Waals surface area contributed by atoms with Crippen molar-refractivity contribution < 1.29 is 28.1 Å². The minimum absolute atomic E-state index is 0.00202. The molecular weight excluding hydrogens is 534 g/mol. The Morgan fingerprint density at radius 2 is 1.62 bits per heavy atom. The zero-order valence-corrected chi connectivity index (χ0v) is 23.2. The molecule has 0 radical (unpaired) electrons. The SMILES string of the molecule is COc1ccccc1Cc1c(NS(=O)(=O)c2ccc(C(C)(C)CO)cc2)nc(-c2ncccn2)nc1OCCO. The van der Waals surface area contributed by atoms with E-state index in [1.807, 2.05) is 32.0 Å². The zero-order valence-electron chi connectivity index (χ0n) is 22.4. The number of hydrogen-bond donors (Lipinski definition) is 3. The Bertz CT molecular complexity index is 1550. The number of hydrogen-bond acceptors (Lipinski definition) is 10. The van der Waals surface area contributed by atoms with Gasteiger partial charge in [0.15, 0.2) is 11.6 Å². The molecule has 2 heterocycles. The van der Waals surface area contributed by atoms with Crippen molar-refractivity contribution in [2.45, 2.75) is 30.6 Å².